The van der Waals surface area contributed by atoms with E-state index in [9.17, 15) is 4.79 Å². The number of hydrogen-bond acceptors (Lipinski definition) is 5. The normalized spacial score (nSPS) is 14.6. The third-order valence-electron chi connectivity index (χ3n) is 5.30. The van der Waals surface area contributed by atoms with Gasteiger partial charge < -0.3 is 9.47 Å². The summed E-state index contributed by atoms with van der Waals surface area (Å²) in [6, 6.07) is 19.1. The van der Waals surface area contributed by atoms with Gasteiger partial charge in [0, 0.05) is 10.6 Å². The Morgan fingerprint density at radius 1 is 1.00 bits per heavy atom. The van der Waals surface area contributed by atoms with Gasteiger partial charge >= 0.3 is 0 Å². The van der Waals surface area contributed by atoms with Crippen LogP contribution in [-0.2, 0) is 11.3 Å². The Labute approximate surface area is 224 Å². The zero-order valence-electron chi connectivity index (χ0n) is 19.2. The van der Waals surface area contributed by atoms with Crippen molar-refractivity contribution in [1.82, 2.24) is 4.90 Å². The molecule has 1 fully saturated rings. The van der Waals surface area contributed by atoms with Crippen molar-refractivity contribution >= 4 is 63.5 Å². The van der Waals surface area contributed by atoms with E-state index >= 15 is 0 Å². The Morgan fingerprint density at radius 2 is 1.74 bits per heavy atom. The molecule has 0 unspecified atom stereocenters. The predicted octanol–water partition coefficient (Wildman–Crippen LogP) is 7.47. The lowest BCUT2D eigenvalue weighted by molar-refractivity contribution is -0.122. The summed E-state index contributed by atoms with van der Waals surface area (Å²) in [5, 5.41) is 0.801. The van der Waals surface area contributed by atoms with Crippen LogP contribution in [0, 0.1) is 13.8 Å². The van der Waals surface area contributed by atoms with Crippen LogP contribution in [0.2, 0.25) is 10.0 Å². The molecule has 1 amide bonds. The summed E-state index contributed by atoms with van der Waals surface area (Å²) >= 11 is 19.4. The van der Waals surface area contributed by atoms with Gasteiger partial charge in [-0.05, 0) is 49.2 Å². The molecule has 3 aromatic rings. The summed E-state index contributed by atoms with van der Waals surface area (Å²) in [7, 11) is 0. The van der Waals surface area contributed by atoms with E-state index in [0.717, 1.165) is 16.9 Å². The molecule has 4 nitrogen and oxygen atoms in total. The monoisotopic (exact) mass is 543 g/mol. The van der Waals surface area contributed by atoms with E-state index in [-0.39, 0.29) is 12.5 Å². The number of nitrogens with zero attached hydrogens (tertiary/aromatic N) is 1. The first-order chi connectivity index (χ1) is 16.8. The largest absolute Gasteiger partial charge is 0.490 e. The van der Waals surface area contributed by atoms with Crippen LogP contribution in [-0.4, -0.2) is 28.3 Å². The SMILES string of the molecule is Cc1ccc(OCCOc2c(Cl)cc(Cl)cc2C=C2SC(=S)N(Cc3ccccc3)C2=O)c(C)c1. The maximum atomic E-state index is 13.1. The molecule has 0 spiro atoms. The lowest BCUT2D eigenvalue weighted by Crippen LogP contribution is -2.27. The average Bonchev–Trinajstić information content (AvgIpc) is 3.07. The molecule has 0 aliphatic carbocycles. The first-order valence-corrected chi connectivity index (χ1v) is 12.9. The quantitative estimate of drug-likeness (QED) is 0.167. The number of ether oxygens (including phenoxy) is 2. The van der Waals surface area contributed by atoms with Gasteiger partial charge in [0.1, 0.15) is 29.0 Å². The molecule has 0 atom stereocenters. The highest BCUT2D eigenvalue weighted by molar-refractivity contribution is 8.26. The molecule has 8 heteroatoms. The Balaban J connectivity index is 1.48. The van der Waals surface area contributed by atoms with Crippen LogP contribution in [0.4, 0.5) is 0 Å². The molecule has 0 saturated carbocycles. The Hall–Kier alpha value is -2.51. The first-order valence-electron chi connectivity index (χ1n) is 10.9. The van der Waals surface area contributed by atoms with Crippen LogP contribution in [0.15, 0.2) is 65.6 Å². The van der Waals surface area contributed by atoms with Gasteiger partial charge in [0.2, 0.25) is 0 Å². The Morgan fingerprint density at radius 3 is 2.49 bits per heavy atom. The predicted molar refractivity (Wildman–Crippen MR) is 149 cm³/mol. The Bertz CT molecular complexity index is 1300. The topological polar surface area (TPSA) is 38.8 Å². The molecule has 35 heavy (non-hydrogen) atoms. The van der Waals surface area contributed by atoms with Crippen LogP contribution in [0.5, 0.6) is 11.5 Å². The molecule has 0 aromatic heterocycles. The summed E-state index contributed by atoms with van der Waals surface area (Å²) in [4.78, 5) is 15.2. The van der Waals surface area contributed by atoms with E-state index in [1.807, 2.05) is 56.3 Å². The number of hydrogen-bond donors (Lipinski definition) is 0. The second-order valence-corrected chi connectivity index (χ2v) is 10.5. The third kappa shape index (κ3) is 6.39. The minimum absolute atomic E-state index is 0.163. The second kappa shape index (κ2) is 11.5. The zero-order valence-corrected chi connectivity index (χ0v) is 22.4. The maximum Gasteiger partial charge on any atom is 0.266 e. The van der Waals surface area contributed by atoms with Crippen molar-refractivity contribution in [3.05, 3.63) is 97.9 Å². The van der Waals surface area contributed by atoms with Crippen LogP contribution < -0.4 is 9.47 Å². The third-order valence-corrected chi connectivity index (χ3v) is 7.18. The molecule has 0 radical (unpaired) electrons. The molecule has 0 N–H and O–H groups in total. The molecular formula is C27H23Cl2NO3S2. The Kier molecular flexibility index (Phi) is 8.39. The summed E-state index contributed by atoms with van der Waals surface area (Å²) < 4.78 is 12.3. The number of halogens is 2. The van der Waals surface area contributed by atoms with Gasteiger partial charge in [-0.25, -0.2) is 0 Å². The number of carbonyl (C=O) groups excluding carboxylic acids is 1. The molecule has 4 rings (SSSR count). The fourth-order valence-electron chi connectivity index (χ4n) is 3.64. The molecule has 1 aliphatic rings. The lowest BCUT2D eigenvalue weighted by Gasteiger charge is -2.15. The zero-order chi connectivity index (χ0) is 24.9. The summed E-state index contributed by atoms with van der Waals surface area (Å²) in [6.45, 7) is 5.06. The van der Waals surface area contributed by atoms with Crippen molar-refractivity contribution < 1.29 is 14.3 Å². The number of amides is 1. The van der Waals surface area contributed by atoms with Crippen LogP contribution in [0.25, 0.3) is 6.08 Å². The fraction of sp³-hybridized carbons (Fsp3) is 0.185. The number of rotatable bonds is 8. The van der Waals surface area contributed by atoms with Crippen molar-refractivity contribution in [3.8, 4) is 11.5 Å². The van der Waals surface area contributed by atoms with Gasteiger partial charge in [-0.3, -0.25) is 9.69 Å². The number of benzene rings is 3. The minimum atomic E-state index is -0.163. The molecule has 1 saturated heterocycles. The van der Waals surface area contributed by atoms with E-state index in [0.29, 0.717) is 43.7 Å². The number of thioether (sulfide) groups is 1. The van der Waals surface area contributed by atoms with Crippen LogP contribution >= 0.6 is 47.2 Å². The summed E-state index contributed by atoms with van der Waals surface area (Å²) in [6.07, 6.45) is 1.72. The van der Waals surface area contributed by atoms with Crippen molar-refractivity contribution in [2.24, 2.45) is 0 Å². The van der Waals surface area contributed by atoms with Crippen molar-refractivity contribution in [2.45, 2.75) is 20.4 Å². The lowest BCUT2D eigenvalue weighted by atomic mass is 10.1. The summed E-state index contributed by atoms with van der Waals surface area (Å²) in [5.41, 5.74) is 3.85. The van der Waals surface area contributed by atoms with Crippen molar-refractivity contribution in [2.75, 3.05) is 13.2 Å². The van der Waals surface area contributed by atoms with E-state index in [2.05, 4.69) is 6.07 Å². The highest BCUT2D eigenvalue weighted by Gasteiger charge is 2.32. The summed E-state index contributed by atoms with van der Waals surface area (Å²) in [5.74, 6) is 1.08. The highest BCUT2D eigenvalue weighted by Crippen LogP contribution is 2.38. The number of carbonyl (C=O) groups is 1. The van der Waals surface area contributed by atoms with Crippen molar-refractivity contribution in [1.29, 1.82) is 0 Å². The standard InChI is InChI=1S/C27H23Cl2NO3S2/c1-17-8-9-23(18(2)12-17)32-10-11-33-25-20(13-21(28)15-22(25)29)14-24-26(31)30(27(34)35-24)16-19-6-4-3-5-7-19/h3-9,12-15H,10-11,16H2,1-2H3. The molecule has 180 valence electrons. The molecular weight excluding hydrogens is 521 g/mol. The molecule has 1 heterocycles. The first kappa shape index (κ1) is 25.6. The van der Waals surface area contributed by atoms with E-state index in [1.165, 1.54) is 17.3 Å². The smallest absolute Gasteiger partial charge is 0.266 e. The fourth-order valence-corrected chi connectivity index (χ4v) is 5.45. The van der Waals surface area contributed by atoms with Gasteiger partial charge in [-0.2, -0.15) is 0 Å². The minimum Gasteiger partial charge on any atom is -0.490 e. The number of aryl methyl sites for hydroxylation is 2. The average molecular weight is 545 g/mol. The van der Waals surface area contributed by atoms with E-state index in [1.54, 1.807) is 23.1 Å². The van der Waals surface area contributed by atoms with Crippen LogP contribution in [0.3, 0.4) is 0 Å². The van der Waals surface area contributed by atoms with Gasteiger partial charge in [-0.15, -0.1) is 0 Å². The van der Waals surface area contributed by atoms with E-state index in [4.69, 9.17) is 44.9 Å². The van der Waals surface area contributed by atoms with Gasteiger partial charge in [0.15, 0.2) is 0 Å². The van der Waals surface area contributed by atoms with Gasteiger partial charge in [-0.1, -0.05) is 95.2 Å². The van der Waals surface area contributed by atoms with E-state index < -0.39 is 0 Å². The molecule has 1 aliphatic heterocycles. The molecule has 3 aromatic carbocycles. The maximum absolute atomic E-state index is 13.1. The number of thiocarbonyl (C=S) groups is 1. The van der Waals surface area contributed by atoms with Gasteiger partial charge in [0.05, 0.1) is 16.5 Å². The van der Waals surface area contributed by atoms with Gasteiger partial charge in [0.25, 0.3) is 5.91 Å². The molecule has 0 bridgehead atoms. The highest BCUT2D eigenvalue weighted by atomic mass is 35.5. The van der Waals surface area contributed by atoms with Crippen LogP contribution in [0.1, 0.15) is 22.3 Å². The second-order valence-electron chi connectivity index (χ2n) is 8.03. The van der Waals surface area contributed by atoms with Crippen molar-refractivity contribution in [3.63, 3.8) is 0 Å².